The third-order valence-corrected chi connectivity index (χ3v) is 4.66. The summed E-state index contributed by atoms with van der Waals surface area (Å²) in [5.74, 6) is -0.533. The van der Waals surface area contributed by atoms with Crippen molar-refractivity contribution in [1.29, 1.82) is 0 Å². The molecule has 7 N–H and O–H groups in total. The number of unbranched alkanes of at least 4 members (excludes halogenated alkanes) is 1. The number of rotatable bonds is 11. The van der Waals surface area contributed by atoms with Crippen LogP contribution in [0.5, 0.6) is 5.75 Å². The van der Waals surface area contributed by atoms with Crippen LogP contribution in [0.15, 0.2) is 29.3 Å². The van der Waals surface area contributed by atoms with Crippen molar-refractivity contribution in [1.82, 2.24) is 15.3 Å². The molecule has 0 radical (unpaired) electrons. The first-order valence-corrected chi connectivity index (χ1v) is 11.1. The van der Waals surface area contributed by atoms with Crippen molar-refractivity contribution >= 4 is 41.1 Å². The van der Waals surface area contributed by atoms with E-state index in [0.29, 0.717) is 12.3 Å². The minimum absolute atomic E-state index is 0.0575. The molecular formula is C22H30ClN7O4. The van der Waals surface area contributed by atoms with Crippen LogP contribution in [-0.4, -0.2) is 47.1 Å². The second-order valence-electron chi connectivity index (χ2n) is 7.59. The molecule has 11 nitrogen and oxygen atoms in total. The van der Waals surface area contributed by atoms with Crippen molar-refractivity contribution in [3.63, 3.8) is 0 Å². The molecule has 2 aromatic rings. The van der Waals surface area contributed by atoms with Gasteiger partial charge in [0, 0.05) is 6.54 Å². The van der Waals surface area contributed by atoms with Crippen molar-refractivity contribution < 1.29 is 19.1 Å². The first-order valence-electron chi connectivity index (χ1n) is 10.8. The number of halogens is 1. The number of ether oxygens (including phenoxy) is 2. The molecule has 184 valence electrons. The number of benzene rings is 1. The summed E-state index contributed by atoms with van der Waals surface area (Å²) in [6.07, 6.45) is 2.56. The molecule has 0 aliphatic rings. The summed E-state index contributed by atoms with van der Waals surface area (Å²) in [5, 5.41) is 2.27. The quantitative estimate of drug-likeness (QED) is 0.158. The Kier molecular flexibility index (Phi) is 10.3. The molecule has 0 atom stereocenters. The Balaban J connectivity index is 1.68. The second-order valence-corrected chi connectivity index (χ2v) is 7.95. The fourth-order valence-electron chi connectivity index (χ4n) is 2.79. The van der Waals surface area contributed by atoms with Crippen LogP contribution >= 0.6 is 11.6 Å². The average molecular weight is 492 g/mol. The van der Waals surface area contributed by atoms with Gasteiger partial charge in [-0.15, -0.1) is 0 Å². The van der Waals surface area contributed by atoms with Crippen LogP contribution < -0.4 is 27.3 Å². The first-order chi connectivity index (χ1) is 16.2. The van der Waals surface area contributed by atoms with E-state index in [-0.39, 0.29) is 53.5 Å². The number of hydrogen-bond donors (Lipinski definition) is 4. The van der Waals surface area contributed by atoms with Crippen LogP contribution in [0.4, 0.5) is 11.6 Å². The maximum absolute atomic E-state index is 12.2. The van der Waals surface area contributed by atoms with Gasteiger partial charge in [0.15, 0.2) is 28.4 Å². The Hall–Kier alpha value is -3.60. The summed E-state index contributed by atoms with van der Waals surface area (Å²) >= 11 is 5.77. The van der Waals surface area contributed by atoms with Gasteiger partial charge in [-0.3, -0.25) is 19.9 Å². The molecule has 0 bridgehead atoms. The number of aromatic nitrogens is 2. The zero-order chi connectivity index (χ0) is 25.1. The van der Waals surface area contributed by atoms with Gasteiger partial charge in [-0.1, -0.05) is 23.7 Å². The Morgan fingerprint density at radius 3 is 2.50 bits per heavy atom. The highest BCUT2D eigenvalue weighted by Crippen LogP contribution is 2.17. The molecule has 1 aromatic heterocycles. The number of amides is 1. The van der Waals surface area contributed by atoms with Crippen LogP contribution in [0, 0.1) is 0 Å². The van der Waals surface area contributed by atoms with Crippen molar-refractivity contribution in [2.45, 2.75) is 45.6 Å². The van der Waals surface area contributed by atoms with E-state index >= 15 is 0 Å². The zero-order valence-electron chi connectivity index (χ0n) is 19.2. The summed E-state index contributed by atoms with van der Waals surface area (Å²) in [5.41, 5.74) is 17.8. The van der Waals surface area contributed by atoms with Gasteiger partial charge in [0.05, 0.1) is 19.1 Å². The standard InChI is InChI=1S/C22H30ClN7O4/c1-13(2)34-16(31)10-12-33-15-8-6-14(7-9-15)5-3-4-11-27-22(26)30-21(32)17-19(24)29-20(25)18(23)28-17/h6-9,13H,3-5,10-12H2,1-2H3,(H4,24,25,29)(H3,26,27,30,32). The van der Waals surface area contributed by atoms with E-state index in [1.165, 1.54) is 0 Å². The normalized spacial score (nSPS) is 11.4. The highest BCUT2D eigenvalue weighted by atomic mass is 35.5. The lowest BCUT2D eigenvalue weighted by molar-refractivity contribution is -0.147. The lowest BCUT2D eigenvalue weighted by Crippen LogP contribution is -2.38. The van der Waals surface area contributed by atoms with Crippen LogP contribution in [0.2, 0.25) is 5.15 Å². The Bertz CT molecular complexity index is 1010. The van der Waals surface area contributed by atoms with Crippen LogP contribution in [0.25, 0.3) is 0 Å². The molecule has 1 aromatic carbocycles. The molecule has 0 saturated carbocycles. The number of aliphatic imine (C=N–C) groups is 1. The van der Waals surface area contributed by atoms with Gasteiger partial charge < -0.3 is 26.7 Å². The number of aryl methyl sites for hydroxylation is 1. The maximum atomic E-state index is 12.2. The average Bonchev–Trinajstić information content (AvgIpc) is 2.76. The molecule has 0 fully saturated rings. The minimum Gasteiger partial charge on any atom is -0.493 e. The number of nitrogen functional groups attached to an aromatic ring is 2. The molecule has 0 unspecified atom stereocenters. The van der Waals surface area contributed by atoms with Gasteiger partial charge in [0.2, 0.25) is 0 Å². The Morgan fingerprint density at radius 2 is 1.82 bits per heavy atom. The number of nitrogens with zero attached hydrogens (tertiary/aromatic N) is 3. The van der Waals surface area contributed by atoms with E-state index in [0.717, 1.165) is 24.8 Å². The summed E-state index contributed by atoms with van der Waals surface area (Å²) in [6, 6.07) is 7.69. The zero-order valence-corrected chi connectivity index (χ0v) is 20.0. The Morgan fingerprint density at radius 1 is 1.12 bits per heavy atom. The molecule has 0 aliphatic heterocycles. The maximum Gasteiger partial charge on any atom is 0.309 e. The van der Waals surface area contributed by atoms with Gasteiger partial charge in [-0.25, -0.2) is 9.97 Å². The molecule has 2 rings (SSSR count). The van der Waals surface area contributed by atoms with Crippen LogP contribution in [-0.2, 0) is 16.0 Å². The summed E-state index contributed by atoms with van der Waals surface area (Å²) in [6.45, 7) is 4.32. The summed E-state index contributed by atoms with van der Waals surface area (Å²) in [7, 11) is 0. The van der Waals surface area contributed by atoms with E-state index < -0.39 is 5.91 Å². The van der Waals surface area contributed by atoms with Crippen molar-refractivity contribution in [2.24, 2.45) is 10.7 Å². The molecule has 0 aliphatic carbocycles. The predicted octanol–water partition coefficient (Wildman–Crippen LogP) is 2.08. The van der Waals surface area contributed by atoms with E-state index in [9.17, 15) is 9.59 Å². The summed E-state index contributed by atoms with van der Waals surface area (Å²) in [4.78, 5) is 35.4. The molecule has 0 saturated heterocycles. The van der Waals surface area contributed by atoms with E-state index in [1.807, 2.05) is 38.1 Å². The highest BCUT2D eigenvalue weighted by molar-refractivity contribution is 6.31. The van der Waals surface area contributed by atoms with E-state index in [1.54, 1.807) is 0 Å². The van der Waals surface area contributed by atoms with Crippen molar-refractivity contribution in [2.75, 3.05) is 24.6 Å². The van der Waals surface area contributed by atoms with Gasteiger partial charge in [0.25, 0.3) is 5.91 Å². The molecule has 34 heavy (non-hydrogen) atoms. The van der Waals surface area contributed by atoms with Crippen molar-refractivity contribution in [3.05, 3.63) is 40.7 Å². The second kappa shape index (κ2) is 13.2. The number of anilines is 2. The number of nitrogens with two attached hydrogens (primary N) is 3. The van der Waals surface area contributed by atoms with Crippen LogP contribution in [0.3, 0.4) is 0 Å². The van der Waals surface area contributed by atoms with E-state index in [2.05, 4.69) is 20.3 Å². The monoisotopic (exact) mass is 491 g/mol. The van der Waals surface area contributed by atoms with Gasteiger partial charge in [-0.2, -0.15) is 0 Å². The number of guanidine groups is 1. The lowest BCUT2D eigenvalue weighted by atomic mass is 10.1. The number of nitrogens with one attached hydrogen (secondary N) is 1. The number of carbonyl (C=O) groups excluding carboxylic acids is 2. The fourth-order valence-corrected chi connectivity index (χ4v) is 2.92. The summed E-state index contributed by atoms with van der Waals surface area (Å²) < 4.78 is 10.6. The minimum atomic E-state index is -0.674. The van der Waals surface area contributed by atoms with Crippen LogP contribution in [0.1, 0.15) is 49.2 Å². The molecule has 1 amide bonds. The SMILES string of the molecule is CC(C)OC(=O)CCOc1ccc(CCCCN=C(N)NC(=O)c2nc(Cl)c(N)nc2N)cc1. The highest BCUT2D eigenvalue weighted by Gasteiger charge is 2.16. The Labute approximate surface area is 203 Å². The number of esters is 1. The number of carbonyl (C=O) groups is 2. The fraction of sp³-hybridized carbons (Fsp3) is 0.409. The predicted molar refractivity (Wildman–Crippen MR) is 131 cm³/mol. The lowest BCUT2D eigenvalue weighted by Gasteiger charge is -2.09. The molecule has 0 spiro atoms. The molecule has 1 heterocycles. The van der Waals surface area contributed by atoms with Crippen molar-refractivity contribution in [3.8, 4) is 5.75 Å². The third-order valence-electron chi connectivity index (χ3n) is 4.38. The smallest absolute Gasteiger partial charge is 0.309 e. The number of hydrogen-bond acceptors (Lipinski definition) is 9. The molecular weight excluding hydrogens is 462 g/mol. The first kappa shape index (κ1) is 26.7. The topological polar surface area (TPSA) is 181 Å². The van der Waals surface area contributed by atoms with E-state index in [4.69, 9.17) is 38.3 Å². The van der Waals surface area contributed by atoms with Gasteiger partial charge in [0.1, 0.15) is 5.75 Å². The van der Waals surface area contributed by atoms with Gasteiger partial charge in [-0.05, 0) is 50.8 Å². The van der Waals surface area contributed by atoms with Gasteiger partial charge >= 0.3 is 5.97 Å². The largest absolute Gasteiger partial charge is 0.493 e. The molecule has 12 heteroatoms. The third kappa shape index (κ3) is 9.10.